The lowest BCUT2D eigenvalue weighted by Crippen LogP contribution is -2.19. The fraction of sp³-hybridized carbons (Fsp3) is 0.100. The van der Waals surface area contributed by atoms with Gasteiger partial charge in [-0.15, -0.1) is 0 Å². The topological polar surface area (TPSA) is 66.0 Å². The zero-order valence-corrected chi connectivity index (χ0v) is 14.2. The molecule has 0 saturated heterocycles. The van der Waals surface area contributed by atoms with Gasteiger partial charge in [-0.05, 0) is 49.2 Å². The number of aromatic nitrogens is 1. The van der Waals surface area contributed by atoms with E-state index in [-0.39, 0.29) is 6.03 Å². The molecule has 0 aliphatic heterocycles. The summed E-state index contributed by atoms with van der Waals surface area (Å²) in [5.74, 6) is 0.487. The minimum absolute atomic E-state index is 0.325. The Bertz CT molecular complexity index is 840. The summed E-state index contributed by atoms with van der Waals surface area (Å²) in [4.78, 5) is 16.3. The zero-order chi connectivity index (χ0) is 17.6. The molecule has 0 spiro atoms. The molecule has 0 fully saturated rings. The first-order valence-corrected chi connectivity index (χ1v) is 8.04. The Kier molecular flexibility index (Phi) is 4.95. The van der Waals surface area contributed by atoms with E-state index < -0.39 is 0 Å². The van der Waals surface area contributed by atoms with E-state index in [1.54, 1.807) is 12.3 Å². The van der Waals surface area contributed by atoms with Crippen LogP contribution in [0.4, 0.5) is 27.7 Å². The quantitative estimate of drug-likeness (QED) is 0.624. The van der Waals surface area contributed by atoms with Gasteiger partial charge >= 0.3 is 6.03 Å². The van der Waals surface area contributed by atoms with Crippen LogP contribution in [0.5, 0.6) is 0 Å². The molecule has 1 heterocycles. The van der Waals surface area contributed by atoms with Crippen LogP contribution in [0.1, 0.15) is 11.1 Å². The van der Waals surface area contributed by atoms with Gasteiger partial charge in [0, 0.05) is 11.4 Å². The van der Waals surface area contributed by atoms with Gasteiger partial charge < -0.3 is 10.6 Å². The molecule has 0 aliphatic carbocycles. The Morgan fingerprint density at radius 2 is 1.52 bits per heavy atom. The molecule has 3 rings (SSSR count). The fourth-order valence-electron chi connectivity index (χ4n) is 2.50. The average Bonchev–Trinajstić information content (AvgIpc) is 2.60. The molecular formula is C20H20N4O. The van der Waals surface area contributed by atoms with Crippen molar-refractivity contribution in [1.29, 1.82) is 0 Å². The lowest BCUT2D eigenvalue weighted by molar-refractivity contribution is 0.262. The Morgan fingerprint density at radius 3 is 2.16 bits per heavy atom. The van der Waals surface area contributed by atoms with E-state index in [2.05, 4.69) is 46.9 Å². The smallest absolute Gasteiger partial charge is 0.324 e. The number of para-hydroxylation sites is 2. The van der Waals surface area contributed by atoms with Crippen LogP contribution >= 0.6 is 0 Å². The molecule has 2 aromatic carbocycles. The summed E-state index contributed by atoms with van der Waals surface area (Å²) in [6.45, 7) is 4.12. The number of carbonyl (C=O) groups is 1. The SMILES string of the molecule is Cc1cccc(C)c1Nc1ccc(NC(=O)Nc2ccccc2)nc1. The summed E-state index contributed by atoms with van der Waals surface area (Å²) in [7, 11) is 0. The highest BCUT2D eigenvalue weighted by Crippen LogP contribution is 2.24. The first-order valence-electron chi connectivity index (χ1n) is 8.04. The fourth-order valence-corrected chi connectivity index (χ4v) is 2.50. The van der Waals surface area contributed by atoms with Gasteiger partial charge in [0.2, 0.25) is 0 Å². The first kappa shape index (κ1) is 16.5. The van der Waals surface area contributed by atoms with Gasteiger partial charge in [-0.2, -0.15) is 0 Å². The van der Waals surface area contributed by atoms with Gasteiger partial charge in [0.15, 0.2) is 0 Å². The lowest BCUT2D eigenvalue weighted by atomic mass is 10.1. The molecule has 0 atom stereocenters. The molecule has 25 heavy (non-hydrogen) atoms. The van der Waals surface area contributed by atoms with Crippen LogP contribution in [0.2, 0.25) is 0 Å². The van der Waals surface area contributed by atoms with Crippen LogP contribution in [0.3, 0.4) is 0 Å². The van der Waals surface area contributed by atoms with E-state index in [9.17, 15) is 4.79 Å². The zero-order valence-electron chi connectivity index (χ0n) is 14.2. The van der Waals surface area contributed by atoms with Crippen molar-refractivity contribution < 1.29 is 4.79 Å². The number of aryl methyl sites for hydroxylation is 2. The molecule has 126 valence electrons. The van der Waals surface area contributed by atoms with Crippen molar-refractivity contribution in [3.8, 4) is 0 Å². The third-order valence-electron chi connectivity index (χ3n) is 3.79. The standard InChI is InChI=1S/C20H20N4O/c1-14-7-6-8-15(2)19(14)22-17-11-12-18(21-13-17)24-20(25)23-16-9-4-3-5-10-16/h3-13,22H,1-2H3,(H2,21,23,24,25). The highest BCUT2D eigenvalue weighted by atomic mass is 16.2. The molecule has 5 heteroatoms. The largest absolute Gasteiger partial charge is 0.354 e. The third kappa shape index (κ3) is 4.35. The molecule has 0 radical (unpaired) electrons. The van der Waals surface area contributed by atoms with Gasteiger partial charge in [0.05, 0.1) is 11.9 Å². The van der Waals surface area contributed by atoms with Crippen molar-refractivity contribution in [2.24, 2.45) is 0 Å². The molecule has 0 bridgehead atoms. The van der Waals surface area contributed by atoms with Gasteiger partial charge in [-0.25, -0.2) is 9.78 Å². The summed E-state index contributed by atoms with van der Waals surface area (Å²) >= 11 is 0. The monoisotopic (exact) mass is 332 g/mol. The van der Waals surface area contributed by atoms with E-state index in [1.165, 1.54) is 11.1 Å². The molecule has 1 aromatic heterocycles. The van der Waals surface area contributed by atoms with Gasteiger partial charge in [-0.1, -0.05) is 36.4 Å². The van der Waals surface area contributed by atoms with Crippen LogP contribution in [0, 0.1) is 13.8 Å². The van der Waals surface area contributed by atoms with Crippen molar-refractivity contribution in [3.05, 3.63) is 78.0 Å². The second kappa shape index (κ2) is 7.49. The molecular weight excluding hydrogens is 312 g/mol. The Hall–Kier alpha value is -3.34. The molecule has 5 nitrogen and oxygen atoms in total. The number of nitrogens with zero attached hydrogens (tertiary/aromatic N) is 1. The van der Waals surface area contributed by atoms with E-state index in [0.29, 0.717) is 5.82 Å². The average molecular weight is 332 g/mol. The Morgan fingerprint density at radius 1 is 0.800 bits per heavy atom. The normalized spacial score (nSPS) is 10.2. The molecule has 2 amide bonds. The van der Waals surface area contributed by atoms with E-state index in [1.807, 2.05) is 42.5 Å². The Balaban J connectivity index is 1.63. The summed E-state index contributed by atoms with van der Waals surface area (Å²) in [5.41, 5.74) is 5.01. The predicted octanol–water partition coefficient (Wildman–Crippen LogP) is 5.09. The maximum absolute atomic E-state index is 12.0. The number of anilines is 4. The molecule has 0 saturated carbocycles. The van der Waals surface area contributed by atoms with Crippen LogP contribution in [-0.4, -0.2) is 11.0 Å². The van der Waals surface area contributed by atoms with E-state index >= 15 is 0 Å². The number of rotatable bonds is 4. The predicted molar refractivity (Wildman–Crippen MR) is 103 cm³/mol. The van der Waals surface area contributed by atoms with Crippen molar-refractivity contribution >= 4 is 28.9 Å². The molecule has 3 N–H and O–H groups in total. The molecule has 0 aliphatic rings. The molecule has 0 unspecified atom stereocenters. The summed E-state index contributed by atoms with van der Waals surface area (Å²) < 4.78 is 0. The maximum atomic E-state index is 12.0. The third-order valence-corrected chi connectivity index (χ3v) is 3.79. The number of hydrogen-bond acceptors (Lipinski definition) is 3. The lowest BCUT2D eigenvalue weighted by Gasteiger charge is -2.13. The van der Waals surface area contributed by atoms with Crippen LogP contribution in [-0.2, 0) is 0 Å². The number of urea groups is 1. The Labute approximate surface area is 147 Å². The van der Waals surface area contributed by atoms with Gasteiger partial charge in [0.1, 0.15) is 5.82 Å². The minimum atomic E-state index is -0.325. The number of pyridine rings is 1. The first-order chi connectivity index (χ1) is 12.1. The highest BCUT2D eigenvalue weighted by Gasteiger charge is 2.05. The molecule has 3 aromatic rings. The number of carbonyl (C=O) groups excluding carboxylic acids is 1. The summed E-state index contributed by atoms with van der Waals surface area (Å²) in [6.07, 6.45) is 1.70. The van der Waals surface area contributed by atoms with E-state index in [0.717, 1.165) is 17.1 Å². The summed E-state index contributed by atoms with van der Waals surface area (Å²) in [6, 6.07) is 18.8. The highest BCUT2D eigenvalue weighted by molar-refractivity contribution is 5.99. The van der Waals surface area contributed by atoms with Crippen molar-refractivity contribution in [2.75, 3.05) is 16.0 Å². The van der Waals surface area contributed by atoms with Crippen LogP contribution in [0.15, 0.2) is 66.9 Å². The van der Waals surface area contributed by atoms with Crippen LogP contribution < -0.4 is 16.0 Å². The van der Waals surface area contributed by atoms with Crippen molar-refractivity contribution in [3.63, 3.8) is 0 Å². The summed E-state index contributed by atoms with van der Waals surface area (Å²) in [5, 5.41) is 8.84. The maximum Gasteiger partial charge on any atom is 0.324 e. The number of benzene rings is 2. The minimum Gasteiger partial charge on any atom is -0.354 e. The number of amides is 2. The number of hydrogen-bond donors (Lipinski definition) is 3. The van der Waals surface area contributed by atoms with Gasteiger partial charge in [-0.3, -0.25) is 5.32 Å². The van der Waals surface area contributed by atoms with E-state index in [4.69, 9.17) is 0 Å². The second-order valence-corrected chi connectivity index (χ2v) is 5.77. The number of nitrogens with one attached hydrogen (secondary N) is 3. The van der Waals surface area contributed by atoms with Crippen molar-refractivity contribution in [1.82, 2.24) is 4.98 Å². The van der Waals surface area contributed by atoms with Gasteiger partial charge in [0.25, 0.3) is 0 Å². The van der Waals surface area contributed by atoms with Crippen molar-refractivity contribution in [2.45, 2.75) is 13.8 Å². The van der Waals surface area contributed by atoms with Crippen LogP contribution in [0.25, 0.3) is 0 Å². The second-order valence-electron chi connectivity index (χ2n) is 5.77.